The van der Waals surface area contributed by atoms with Gasteiger partial charge >= 0.3 is 0 Å². The summed E-state index contributed by atoms with van der Waals surface area (Å²) in [5.41, 5.74) is 1.92. The van der Waals surface area contributed by atoms with E-state index in [1.165, 1.54) is 41.1 Å². The van der Waals surface area contributed by atoms with Gasteiger partial charge in [0.1, 0.15) is 5.82 Å². The minimum atomic E-state index is -0.714. The minimum Gasteiger partial charge on any atom is -0.359 e. The van der Waals surface area contributed by atoms with E-state index in [0.29, 0.717) is 33.2 Å². The number of halogens is 2. The van der Waals surface area contributed by atoms with Crippen molar-refractivity contribution in [2.45, 2.75) is 6.17 Å². The molecule has 168 valence electrons. The fourth-order valence-corrected chi connectivity index (χ4v) is 3.95. The van der Waals surface area contributed by atoms with Crippen LogP contribution in [0, 0.1) is 15.9 Å². The number of para-hydroxylation sites is 1. The third-order valence-electron chi connectivity index (χ3n) is 5.33. The van der Waals surface area contributed by atoms with Crippen molar-refractivity contribution >= 4 is 29.1 Å². The second-order valence-electron chi connectivity index (χ2n) is 7.51. The monoisotopic (exact) mass is 475 g/mol. The van der Waals surface area contributed by atoms with Gasteiger partial charge in [0.25, 0.3) is 11.2 Å². The number of non-ortho nitro benzene ring substituents is 1. The van der Waals surface area contributed by atoms with Gasteiger partial charge in [0.15, 0.2) is 17.7 Å². The van der Waals surface area contributed by atoms with Crippen LogP contribution >= 0.6 is 11.6 Å². The van der Waals surface area contributed by atoms with E-state index in [1.54, 1.807) is 18.2 Å². The average Bonchev–Trinajstić information content (AvgIpc) is 2.84. The van der Waals surface area contributed by atoms with E-state index in [2.05, 4.69) is 15.4 Å². The van der Waals surface area contributed by atoms with E-state index in [0.717, 1.165) is 0 Å². The standard InChI is InChI=1S/C24H15ClFN5O3/c25-19(13-14-5-11-17(12-6-14)31(33)34)23-27-20-4-2-1-3-18(20)22-28-24(32)21(29-30(22)23)15-7-9-16(26)10-8-15/h1-13,23,27H/b19-13-. The molecule has 0 radical (unpaired) electrons. The van der Waals surface area contributed by atoms with E-state index in [4.69, 9.17) is 11.6 Å². The van der Waals surface area contributed by atoms with Gasteiger partial charge in [-0.2, -0.15) is 10.1 Å². The van der Waals surface area contributed by atoms with Crippen LogP contribution in [-0.2, 0) is 0 Å². The van der Waals surface area contributed by atoms with Gasteiger partial charge < -0.3 is 5.32 Å². The van der Waals surface area contributed by atoms with Crippen LogP contribution in [0.5, 0.6) is 0 Å². The third kappa shape index (κ3) is 3.93. The molecule has 3 aromatic carbocycles. The van der Waals surface area contributed by atoms with Gasteiger partial charge in [-0.05, 0) is 60.2 Å². The Kier molecular flexibility index (Phi) is 5.39. The first-order valence-electron chi connectivity index (χ1n) is 10.1. The molecular weight excluding hydrogens is 461 g/mol. The van der Waals surface area contributed by atoms with Crippen molar-refractivity contribution < 1.29 is 9.31 Å². The third-order valence-corrected chi connectivity index (χ3v) is 5.64. The molecular formula is C24H15ClFN5O3. The normalized spacial score (nSPS) is 14.6. The molecule has 1 N–H and O–H groups in total. The number of hydrogen-bond donors (Lipinski definition) is 1. The molecule has 10 heteroatoms. The number of nitro benzene ring substituents is 1. The number of anilines is 1. The summed E-state index contributed by atoms with van der Waals surface area (Å²) < 4.78 is 14.9. The van der Waals surface area contributed by atoms with Gasteiger partial charge in [0.05, 0.1) is 9.96 Å². The van der Waals surface area contributed by atoms with Crippen LogP contribution in [-0.4, -0.2) is 19.7 Å². The Morgan fingerprint density at radius 1 is 1.09 bits per heavy atom. The van der Waals surface area contributed by atoms with Crippen molar-refractivity contribution in [3.8, 4) is 22.6 Å². The first-order valence-corrected chi connectivity index (χ1v) is 10.5. The average molecular weight is 476 g/mol. The zero-order chi connectivity index (χ0) is 23.8. The highest BCUT2D eigenvalue weighted by Gasteiger charge is 2.28. The summed E-state index contributed by atoms with van der Waals surface area (Å²) in [7, 11) is 0. The highest BCUT2D eigenvalue weighted by atomic mass is 35.5. The molecule has 0 aliphatic carbocycles. The lowest BCUT2D eigenvalue weighted by molar-refractivity contribution is -0.384. The molecule has 2 heterocycles. The van der Waals surface area contributed by atoms with Crippen LogP contribution in [0.2, 0.25) is 0 Å². The summed E-state index contributed by atoms with van der Waals surface area (Å²) >= 11 is 6.70. The molecule has 0 fully saturated rings. The SMILES string of the molecule is O=c1nc2n(nc1-c1ccc(F)cc1)C(/C(Cl)=C/c1ccc([N+](=O)[O-])cc1)Nc1ccccc1-2. The number of nitrogens with one attached hydrogen (secondary N) is 1. The van der Waals surface area contributed by atoms with Crippen molar-refractivity contribution in [2.24, 2.45) is 0 Å². The van der Waals surface area contributed by atoms with Gasteiger partial charge in [-0.1, -0.05) is 23.7 Å². The number of benzene rings is 3. The van der Waals surface area contributed by atoms with Crippen molar-refractivity contribution in [1.82, 2.24) is 14.8 Å². The molecule has 5 rings (SSSR count). The van der Waals surface area contributed by atoms with Gasteiger partial charge in [-0.3, -0.25) is 14.9 Å². The Morgan fingerprint density at radius 2 is 1.79 bits per heavy atom. The van der Waals surface area contributed by atoms with Crippen molar-refractivity contribution in [2.75, 3.05) is 5.32 Å². The number of nitro groups is 1. The molecule has 1 unspecified atom stereocenters. The molecule has 0 spiro atoms. The topological polar surface area (TPSA) is 103 Å². The molecule has 1 aliphatic heterocycles. The van der Waals surface area contributed by atoms with Gasteiger partial charge in [0, 0.05) is 28.9 Å². The molecule has 8 nitrogen and oxygen atoms in total. The molecule has 4 aromatic rings. The number of fused-ring (bicyclic) bond motifs is 3. The number of hydrogen-bond acceptors (Lipinski definition) is 6. The van der Waals surface area contributed by atoms with Crippen LogP contribution in [0.4, 0.5) is 15.8 Å². The van der Waals surface area contributed by atoms with E-state index >= 15 is 0 Å². The van der Waals surface area contributed by atoms with E-state index in [9.17, 15) is 19.3 Å². The second kappa shape index (κ2) is 8.53. The van der Waals surface area contributed by atoms with Gasteiger partial charge in [-0.25, -0.2) is 9.07 Å². The van der Waals surface area contributed by atoms with E-state index in [-0.39, 0.29) is 11.4 Å². The Balaban J connectivity index is 1.63. The number of rotatable bonds is 4. The second-order valence-corrected chi connectivity index (χ2v) is 7.95. The summed E-state index contributed by atoms with van der Waals surface area (Å²) in [6, 6.07) is 18.6. The molecule has 0 amide bonds. The predicted molar refractivity (Wildman–Crippen MR) is 127 cm³/mol. The number of nitrogens with zero attached hydrogens (tertiary/aromatic N) is 4. The maximum absolute atomic E-state index is 13.4. The maximum Gasteiger partial charge on any atom is 0.300 e. The van der Waals surface area contributed by atoms with Crippen LogP contribution in [0.1, 0.15) is 11.7 Å². The smallest absolute Gasteiger partial charge is 0.300 e. The van der Waals surface area contributed by atoms with Crippen LogP contribution in [0.3, 0.4) is 0 Å². The summed E-state index contributed by atoms with van der Waals surface area (Å²) in [6.07, 6.45) is 0.937. The maximum atomic E-state index is 13.4. The van der Waals surface area contributed by atoms with Crippen LogP contribution in [0.15, 0.2) is 82.6 Å². The molecule has 0 saturated carbocycles. The highest BCUT2D eigenvalue weighted by Crippen LogP contribution is 2.38. The molecule has 0 bridgehead atoms. The van der Waals surface area contributed by atoms with Gasteiger partial charge in [-0.15, -0.1) is 0 Å². The zero-order valence-electron chi connectivity index (χ0n) is 17.4. The first kappa shape index (κ1) is 21.5. The molecule has 1 aliphatic rings. The minimum absolute atomic E-state index is 0.0320. The zero-order valence-corrected chi connectivity index (χ0v) is 18.1. The Morgan fingerprint density at radius 3 is 2.50 bits per heavy atom. The van der Waals surface area contributed by atoms with Crippen LogP contribution < -0.4 is 10.9 Å². The van der Waals surface area contributed by atoms with Crippen molar-refractivity contribution in [1.29, 1.82) is 0 Å². The summed E-state index contributed by atoms with van der Waals surface area (Å²) in [6.45, 7) is 0. The lowest BCUT2D eigenvalue weighted by atomic mass is 10.1. The predicted octanol–water partition coefficient (Wildman–Crippen LogP) is 5.22. The van der Waals surface area contributed by atoms with Crippen molar-refractivity contribution in [3.05, 3.63) is 110 Å². The molecule has 1 atom stereocenters. The summed E-state index contributed by atoms with van der Waals surface area (Å²) in [5.74, 6) is -0.109. The Hall–Kier alpha value is -4.37. The number of aromatic nitrogens is 3. The van der Waals surface area contributed by atoms with E-state index in [1.807, 2.05) is 24.3 Å². The molecule has 0 saturated heterocycles. The van der Waals surface area contributed by atoms with Crippen molar-refractivity contribution in [3.63, 3.8) is 0 Å². The van der Waals surface area contributed by atoms with Gasteiger partial charge in [0.2, 0.25) is 0 Å². The summed E-state index contributed by atoms with van der Waals surface area (Å²) in [4.78, 5) is 27.6. The Bertz CT molecular complexity index is 1500. The lowest BCUT2D eigenvalue weighted by Gasteiger charge is -2.30. The first-order chi connectivity index (χ1) is 16.4. The molecule has 1 aromatic heterocycles. The highest BCUT2D eigenvalue weighted by molar-refractivity contribution is 6.32. The fourth-order valence-electron chi connectivity index (χ4n) is 3.68. The Labute approximate surface area is 197 Å². The van der Waals surface area contributed by atoms with E-state index < -0.39 is 22.5 Å². The quantitative estimate of drug-likeness (QED) is 0.320. The fraction of sp³-hybridized carbons (Fsp3) is 0.0417. The molecule has 34 heavy (non-hydrogen) atoms. The summed E-state index contributed by atoms with van der Waals surface area (Å²) in [5, 5.41) is 19.1. The lowest BCUT2D eigenvalue weighted by Crippen LogP contribution is -2.31. The largest absolute Gasteiger partial charge is 0.359 e. The van der Waals surface area contributed by atoms with Crippen LogP contribution in [0.25, 0.3) is 28.7 Å².